The van der Waals surface area contributed by atoms with E-state index in [0.29, 0.717) is 15.9 Å². The fourth-order valence-electron chi connectivity index (χ4n) is 2.49. The Morgan fingerprint density at radius 3 is 2.88 bits per heavy atom. The van der Waals surface area contributed by atoms with Gasteiger partial charge in [-0.25, -0.2) is 4.98 Å². The van der Waals surface area contributed by atoms with E-state index in [2.05, 4.69) is 15.1 Å². The minimum atomic E-state index is -0.294. The Labute approximate surface area is 158 Å². The zero-order valence-electron chi connectivity index (χ0n) is 13.7. The third-order valence-corrected chi connectivity index (χ3v) is 4.98. The number of aromatic nitrogens is 3. The summed E-state index contributed by atoms with van der Waals surface area (Å²) in [4.78, 5) is 23.5. The molecule has 130 valence electrons. The standard InChI is InChI=1S/C18H13ClN4O2S/c1-11-8-15(22-25-11)17(24)23(10-13-4-2-3-7-20-13)18-21-14-6-5-12(19)9-16(14)26-18/h2-9H,10H2,1H3. The van der Waals surface area contributed by atoms with Crippen LogP contribution in [0.5, 0.6) is 0 Å². The summed E-state index contributed by atoms with van der Waals surface area (Å²) in [6.07, 6.45) is 1.69. The third kappa shape index (κ3) is 3.31. The number of fused-ring (bicyclic) bond motifs is 1. The highest BCUT2D eigenvalue weighted by molar-refractivity contribution is 7.22. The van der Waals surface area contributed by atoms with E-state index < -0.39 is 0 Å². The van der Waals surface area contributed by atoms with Crippen molar-refractivity contribution in [2.24, 2.45) is 0 Å². The SMILES string of the molecule is Cc1cc(C(=O)N(Cc2ccccn2)c2nc3ccc(Cl)cc3s2)no1. The summed E-state index contributed by atoms with van der Waals surface area (Å²) in [5, 5.41) is 5.02. The van der Waals surface area contributed by atoms with Crippen LogP contribution in [0.25, 0.3) is 10.2 Å². The van der Waals surface area contributed by atoms with E-state index in [0.717, 1.165) is 15.9 Å². The lowest BCUT2D eigenvalue weighted by atomic mass is 10.3. The van der Waals surface area contributed by atoms with Crippen LogP contribution in [0.15, 0.2) is 53.2 Å². The molecule has 4 aromatic rings. The Balaban J connectivity index is 1.76. The molecule has 4 rings (SSSR count). The van der Waals surface area contributed by atoms with E-state index >= 15 is 0 Å². The Kier molecular flexibility index (Phi) is 4.40. The molecular formula is C18H13ClN4O2S. The van der Waals surface area contributed by atoms with Gasteiger partial charge < -0.3 is 4.52 Å². The van der Waals surface area contributed by atoms with Gasteiger partial charge >= 0.3 is 0 Å². The number of nitrogens with zero attached hydrogens (tertiary/aromatic N) is 4. The van der Waals surface area contributed by atoms with Gasteiger partial charge in [-0.2, -0.15) is 0 Å². The molecule has 0 aliphatic rings. The molecule has 0 atom stereocenters. The van der Waals surface area contributed by atoms with Crippen molar-refractivity contribution in [2.45, 2.75) is 13.5 Å². The molecule has 0 aliphatic carbocycles. The first kappa shape index (κ1) is 16.7. The van der Waals surface area contributed by atoms with Crippen molar-refractivity contribution in [3.05, 3.63) is 70.8 Å². The molecule has 0 bridgehead atoms. The van der Waals surface area contributed by atoms with Crippen molar-refractivity contribution in [1.29, 1.82) is 0 Å². The number of halogens is 1. The maximum Gasteiger partial charge on any atom is 0.282 e. The fraction of sp³-hybridized carbons (Fsp3) is 0.111. The monoisotopic (exact) mass is 384 g/mol. The van der Waals surface area contributed by atoms with Crippen LogP contribution in [0.4, 0.5) is 5.13 Å². The van der Waals surface area contributed by atoms with Gasteiger partial charge in [0.2, 0.25) is 0 Å². The molecule has 0 spiro atoms. The lowest BCUT2D eigenvalue weighted by molar-refractivity contribution is 0.0976. The smallest absolute Gasteiger partial charge is 0.282 e. The van der Waals surface area contributed by atoms with Gasteiger partial charge in [0.15, 0.2) is 10.8 Å². The fourth-order valence-corrected chi connectivity index (χ4v) is 3.73. The highest BCUT2D eigenvalue weighted by atomic mass is 35.5. The van der Waals surface area contributed by atoms with Gasteiger partial charge in [0, 0.05) is 17.3 Å². The first-order valence-electron chi connectivity index (χ1n) is 7.81. The second kappa shape index (κ2) is 6.86. The second-order valence-electron chi connectivity index (χ2n) is 5.64. The van der Waals surface area contributed by atoms with E-state index in [9.17, 15) is 4.79 Å². The summed E-state index contributed by atoms with van der Waals surface area (Å²) in [7, 11) is 0. The molecule has 0 fully saturated rings. The van der Waals surface area contributed by atoms with Gasteiger partial charge in [0.1, 0.15) is 5.76 Å². The lowest BCUT2D eigenvalue weighted by Crippen LogP contribution is -2.31. The van der Waals surface area contributed by atoms with Crippen LogP contribution in [-0.2, 0) is 6.54 Å². The molecule has 0 saturated carbocycles. The van der Waals surface area contributed by atoms with Gasteiger partial charge in [-0.05, 0) is 37.3 Å². The number of carbonyl (C=O) groups is 1. The highest BCUT2D eigenvalue weighted by Gasteiger charge is 2.24. The van der Waals surface area contributed by atoms with Crippen LogP contribution in [0.3, 0.4) is 0 Å². The van der Waals surface area contributed by atoms with Crippen molar-refractivity contribution in [3.8, 4) is 0 Å². The average molecular weight is 385 g/mol. The molecule has 1 amide bonds. The predicted molar refractivity (Wildman–Crippen MR) is 101 cm³/mol. The summed E-state index contributed by atoms with van der Waals surface area (Å²) in [5.41, 5.74) is 1.76. The molecular weight excluding hydrogens is 372 g/mol. The van der Waals surface area contributed by atoms with E-state index in [-0.39, 0.29) is 18.1 Å². The van der Waals surface area contributed by atoms with E-state index in [1.807, 2.05) is 30.3 Å². The number of pyridine rings is 1. The number of thiazole rings is 1. The molecule has 0 N–H and O–H groups in total. The van der Waals surface area contributed by atoms with Crippen LogP contribution in [0.1, 0.15) is 21.9 Å². The number of hydrogen-bond donors (Lipinski definition) is 0. The molecule has 1 aromatic carbocycles. The minimum absolute atomic E-state index is 0.232. The van der Waals surface area contributed by atoms with Gasteiger partial charge in [-0.3, -0.25) is 14.7 Å². The maximum absolute atomic E-state index is 13.0. The third-order valence-electron chi connectivity index (χ3n) is 3.71. The van der Waals surface area contributed by atoms with E-state index in [1.54, 1.807) is 30.2 Å². The lowest BCUT2D eigenvalue weighted by Gasteiger charge is -2.18. The average Bonchev–Trinajstić information content (AvgIpc) is 3.25. The summed E-state index contributed by atoms with van der Waals surface area (Å²) in [6.45, 7) is 2.02. The van der Waals surface area contributed by atoms with Crippen LogP contribution >= 0.6 is 22.9 Å². The molecule has 3 aromatic heterocycles. The molecule has 0 radical (unpaired) electrons. The van der Waals surface area contributed by atoms with Gasteiger partial charge in [0.05, 0.1) is 22.5 Å². The number of anilines is 1. The molecule has 0 saturated heterocycles. The largest absolute Gasteiger partial charge is 0.361 e. The zero-order chi connectivity index (χ0) is 18.1. The Morgan fingerprint density at radius 2 is 2.15 bits per heavy atom. The minimum Gasteiger partial charge on any atom is -0.361 e. The van der Waals surface area contributed by atoms with Crippen LogP contribution in [0, 0.1) is 6.92 Å². The molecule has 3 heterocycles. The van der Waals surface area contributed by atoms with Crippen molar-refractivity contribution in [3.63, 3.8) is 0 Å². The summed E-state index contributed by atoms with van der Waals surface area (Å²) in [6, 6.07) is 12.6. The van der Waals surface area contributed by atoms with Crippen molar-refractivity contribution in [1.82, 2.24) is 15.1 Å². The summed E-state index contributed by atoms with van der Waals surface area (Å²) >= 11 is 7.46. The van der Waals surface area contributed by atoms with Crippen LogP contribution < -0.4 is 4.90 Å². The molecule has 0 unspecified atom stereocenters. The Morgan fingerprint density at radius 1 is 1.27 bits per heavy atom. The van der Waals surface area contributed by atoms with Crippen molar-refractivity contribution < 1.29 is 9.32 Å². The zero-order valence-corrected chi connectivity index (χ0v) is 15.3. The first-order valence-corrected chi connectivity index (χ1v) is 9.01. The van der Waals surface area contributed by atoms with E-state index in [4.69, 9.17) is 16.1 Å². The highest BCUT2D eigenvalue weighted by Crippen LogP contribution is 2.32. The Bertz CT molecular complexity index is 1080. The molecule has 26 heavy (non-hydrogen) atoms. The number of carbonyl (C=O) groups excluding carboxylic acids is 1. The van der Waals surface area contributed by atoms with Crippen molar-refractivity contribution >= 4 is 44.2 Å². The quantitative estimate of drug-likeness (QED) is 0.518. The predicted octanol–water partition coefficient (Wildman–Crippen LogP) is 4.49. The maximum atomic E-state index is 13.0. The van der Waals surface area contributed by atoms with Crippen molar-refractivity contribution in [2.75, 3.05) is 4.90 Å². The normalized spacial score (nSPS) is 11.0. The number of aryl methyl sites for hydroxylation is 1. The molecule has 0 aliphatic heterocycles. The topological polar surface area (TPSA) is 72.1 Å². The number of amides is 1. The first-order chi connectivity index (χ1) is 12.6. The summed E-state index contributed by atoms with van der Waals surface area (Å²) in [5.74, 6) is 0.278. The van der Waals surface area contributed by atoms with Gasteiger partial charge in [-0.1, -0.05) is 34.2 Å². The van der Waals surface area contributed by atoms with Gasteiger partial charge in [0.25, 0.3) is 5.91 Å². The Hall–Kier alpha value is -2.77. The van der Waals surface area contributed by atoms with Gasteiger partial charge in [-0.15, -0.1) is 0 Å². The molecule has 6 nitrogen and oxygen atoms in total. The van der Waals surface area contributed by atoms with Crippen LogP contribution in [-0.4, -0.2) is 21.0 Å². The van der Waals surface area contributed by atoms with E-state index in [1.165, 1.54) is 11.3 Å². The summed E-state index contributed by atoms with van der Waals surface area (Å²) < 4.78 is 5.95. The van der Waals surface area contributed by atoms with Crippen LogP contribution in [0.2, 0.25) is 5.02 Å². The second-order valence-corrected chi connectivity index (χ2v) is 7.09. The number of benzene rings is 1. The number of hydrogen-bond acceptors (Lipinski definition) is 6. The number of rotatable bonds is 4. The molecule has 8 heteroatoms.